The zero-order valence-electron chi connectivity index (χ0n) is 3.77. The summed E-state index contributed by atoms with van der Waals surface area (Å²) in [5.41, 5.74) is 4.71. The Labute approximate surface area is 44.5 Å². The molecule has 0 atom stereocenters. The standard InChI is InChI=1S/C2H2N5O/c3-1(8)2-4-6-7-5-2/h(H2,3,8). The van der Waals surface area contributed by atoms with Crippen molar-refractivity contribution in [1.29, 1.82) is 0 Å². The monoisotopic (exact) mass is 112 g/mol. The molecule has 0 aromatic carbocycles. The third-order valence-electron chi connectivity index (χ3n) is 0.539. The number of carbonyl (C=O) groups is 1. The number of hydrogen-bond acceptors (Lipinski definition) is 5. The van der Waals surface area contributed by atoms with Gasteiger partial charge in [0.05, 0.1) is 0 Å². The number of rotatable bonds is 1. The molecule has 0 fully saturated rings. The summed E-state index contributed by atoms with van der Waals surface area (Å²) < 4.78 is 0. The second kappa shape index (κ2) is 1.65. The minimum absolute atomic E-state index is 0.148. The molecular formula is C2H2N5O. The lowest BCUT2D eigenvalue weighted by Crippen LogP contribution is -2.16. The highest BCUT2D eigenvalue weighted by Gasteiger charge is 2.17. The molecule has 1 rings (SSSR count). The van der Waals surface area contributed by atoms with Crippen molar-refractivity contribution in [3.8, 4) is 0 Å². The van der Waals surface area contributed by atoms with Crippen molar-refractivity contribution in [2.45, 2.75) is 0 Å². The first-order chi connectivity index (χ1) is 3.80. The molecule has 0 bridgehead atoms. The van der Waals surface area contributed by atoms with Crippen LogP contribution in [0.4, 0.5) is 0 Å². The molecule has 0 spiro atoms. The average Bonchev–Trinajstić information content (AvgIpc) is 2.12. The summed E-state index contributed by atoms with van der Waals surface area (Å²) in [6.07, 6.45) is -0.148. The largest absolute Gasteiger partial charge is 0.366 e. The lowest BCUT2D eigenvalue weighted by atomic mass is 10.5. The maximum Gasteiger partial charge on any atom is 0.329 e. The van der Waals surface area contributed by atoms with E-state index in [4.69, 9.17) is 5.73 Å². The van der Waals surface area contributed by atoms with Gasteiger partial charge in [0, 0.05) is 0 Å². The molecule has 6 nitrogen and oxygen atoms in total. The summed E-state index contributed by atoms with van der Waals surface area (Å²) >= 11 is 0. The Hall–Kier alpha value is -1.33. The topological polar surface area (TPSA) is 92.5 Å². The van der Waals surface area contributed by atoms with Gasteiger partial charge in [-0.15, -0.1) is 10.2 Å². The molecule has 0 aromatic rings. The van der Waals surface area contributed by atoms with E-state index in [1.807, 2.05) is 0 Å². The first-order valence-electron chi connectivity index (χ1n) is 1.79. The molecule has 41 valence electrons. The number of nitrogens with zero attached hydrogens (tertiary/aromatic N) is 4. The van der Waals surface area contributed by atoms with Gasteiger partial charge in [0.25, 0.3) is 5.91 Å². The third kappa shape index (κ3) is 0.673. The van der Waals surface area contributed by atoms with Crippen LogP contribution in [0.2, 0.25) is 0 Å². The highest BCUT2D eigenvalue weighted by Crippen LogP contribution is 2.10. The van der Waals surface area contributed by atoms with Gasteiger partial charge in [0.1, 0.15) is 0 Å². The molecule has 0 aromatic heterocycles. The molecule has 0 unspecified atom stereocenters. The Kier molecular flexibility index (Phi) is 0.991. The van der Waals surface area contributed by atoms with Crippen molar-refractivity contribution < 1.29 is 4.79 Å². The smallest absolute Gasteiger partial charge is 0.329 e. The van der Waals surface area contributed by atoms with Crippen LogP contribution >= 0.6 is 0 Å². The second-order valence-corrected chi connectivity index (χ2v) is 1.07. The van der Waals surface area contributed by atoms with Gasteiger partial charge < -0.3 is 5.73 Å². The molecule has 1 aliphatic heterocycles. The molecule has 0 saturated heterocycles. The van der Waals surface area contributed by atoms with Gasteiger partial charge >= 0.3 is 6.17 Å². The van der Waals surface area contributed by atoms with Gasteiger partial charge in [-0.05, 0) is 10.4 Å². The van der Waals surface area contributed by atoms with E-state index in [1.165, 1.54) is 0 Å². The van der Waals surface area contributed by atoms with Crippen LogP contribution in [-0.2, 0) is 4.79 Å². The quantitative estimate of drug-likeness (QED) is 0.499. The first kappa shape index (κ1) is 4.82. The van der Waals surface area contributed by atoms with E-state index < -0.39 is 5.91 Å². The Morgan fingerprint density at radius 3 is 2.12 bits per heavy atom. The van der Waals surface area contributed by atoms with E-state index in [2.05, 4.69) is 20.7 Å². The van der Waals surface area contributed by atoms with Crippen molar-refractivity contribution in [3.63, 3.8) is 0 Å². The molecule has 6 heteroatoms. The predicted molar refractivity (Wildman–Crippen MR) is 22.1 cm³/mol. The lowest BCUT2D eigenvalue weighted by Gasteiger charge is -1.85. The number of carbonyl (C=O) groups excluding carboxylic acids is 1. The van der Waals surface area contributed by atoms with Gasteiger partial charge in [0.2, 0.25) is 0 Å². The summed E-state index contributed by atoms with van der Waals surface area (Å²) in [5.74, 6) is -0.713. The van der Waals surface area contributed by atoms with E-state index in [-0.39, 0.29) is 6.17 Å². The number of nitrogens with two attached hydrogens (primary N) is 1. The molecule has 0 aliphatic carbocycles. The zero-order chi connectivity index (χ0) is 5.98. The Morgan fingerprint density at radius 1 is 1.38 bits per heavy atom. The molecule has 1 amide bonds. The Balaban J connectivity index is 2.62. The van der Waals surface area contributed by atoms with E-state index in [9.17, 15) is 4.79 Å². The fraction of sp³-hybridized carbons (Fsp3) is 0. The molecular weight excluding hydrogens is 110 g/mol. The summed E-state index contributed by atoms with van der Waals surface area (Å²) in [6, 6.07) is 0. The van der Waals surface area contributed by atoms with Gasteiger partial charge in [-0.3, -0.25) is 4.79 Å². The maximum absolute atomic E-state index is 10.1. The van der Waals surface area contributed by atoms with Crippen LogP contribution in [0.25, 0.3) is 0 Å². The number of amides is 1. The highest BCUT2D eigenvalue weighted by molar-refractivity contribution is 5.87. The summed E-state index contributed by atoms with van der Waals surface area (Å²) in [7, 11) is 0. The van der Waals surface area contributed by atoms with Gasteiger partial charge in [-0.25, -0.2) is 0 Å². The minimum Gasteiger partial charge on any atom is -0.366 e. The van der Waals surface area contributed by atoms with Gasteiger partial charge in [-0.2, -0.15) is 0 Å². The van der Waals surface area contributed by atoms with E-state index in [0.29, 0.717) is 0 Å². The highest BCUT2D eigenvalue weighted by atomic mass is 16.1. The maximum atomic E-state index is 10.1. The van der Waals surface area contributed by atoms with Crippen LogP contribution in [0.15, 0.2) is 20.7 Å². The summed E-state index contributed by atoms with van der Waals surface area (Å²) in [4.78, 5) is 10.1. The summed E-state index contributed by atoms with van der Waals surface area (Å²) in [5, 5.41) is 12.4. The SMILES string of the molecule is NC(=O)[C]1N=NN=N1. The number of primary amides is 1. The summed E-state index contributed by atoms with van der Waals surface area (Å²) in [6.45, 7) is 0. The Morgan fingerprint density at radius 2 is 1.88 bits per heavy atom. The molecule has 8 heavy (non-hydrogen) atoms. The molecule has 1 radical (unpaired) electrons. The normalized spacial score (nSPS) is 17.5. The zero-order valence-corrected chi connectivity index (χ0v) is 3.77. The van der Waals surface area contributed by atoms with Crippen molar-refractivity contribution in [2.75, 3.05) is 0 Å². The number of hydrogen-bond donors (Lipinski definition) is 1. The van der Waals surface area contributed by atoms with E-state index >= 15 is 0 Å². The first-order valence-corrected chi connectivity index (χ1v) is 1.79. The van der Waals surface area contributed by atoms with Crippen molar-refractivity contribution in [2.24, 2.45) is 26.4 Å². The fourth-order valence-corrected chi connectivity index (χ4v) is 0.243. The van der Waals surface area contributed by atoms with Crippen LogP contribution < -0.4 is 5.73 Å². The van der Waals surface area contributed by atoms with Crippen LogP contribution in [0.5, 0.6) is 0 Å². The van der Waals surface area contributed by atoms with Crippen LogP contribution in [0.3, 0.4) is 0 Å². The van der Waals surface area contributed by atoms with Gasteiger partial charge in [0.15, 0.2) is 0 Å². The van der Waals surface area contributed by atoms with Crippen molar-refractivity contribution in [1.82, 2.24) is 0 Å². The van der Waals surface area contributed by atoms with Crippen LogP contribution in [-0.4, -0.2) is 5.91 Å². The Bertz CT molecular complexity index is 148. The van der Waals surface area contributed by atoms with E-state index in [1.54, 1.807) is 0 Å². The molecule has 0 saturated carbocycles. The molecule has 1 heterocycles. The van der Waals surface area contributed by atoms with Crippen molar-refractivity contribution in [3.05, 3.63) is 6.17 Å². The van der Waals surface area contributed by atoms with Crippen LogP contribution in [0, 0.1) is 6.17 Å². The fourth-order valence-electron chi connectivity index (χ4n) is 0.243. The minimum atomic E-state index is -0.713. The molecule has 2 N–H and O–H groups in total. The lowest BCUT2D eigenvalue weighted by molar-refractivity contribution is -0.116. The second-order valence-electron chi connectivity index (χ2n) is 1.07. The predicted octanol–water partition coefficient (Wildman–Crippen LogP) is -0.206. The van der Waals surface area contributed by atoms with E-state index in [0.717, 1.165) is 0 Å². The third-order valence-corrected chi connectivity index (χ3v) is 0.539. The molecule has 1 aliphatic rings. The van der Waals surface area contributed by atoms with Crippen LogP contribution in [0.1, 0.15) is 0 Å². The van der Waals surface area contributed by atoms with Crippen molar-refractivity contribution >= 4 is 5.91 Å². The average molecular weight is 112 g/mol. The van der Waals surface area contributed by atoms with Gasteiger partial charge in [-0.1, -0.05) is 0 Å².